The number of halogens is 1. The van der Waals surface area contributed by atoms with Gasteiger partial charge in [0.05, 0.1) is 11.8 Å². The molecule has 1 saturated heterocycles. The molecule has 0 aromatic carbocycles. The van der Waals surface area contributed by atoms with Crippen molar-refractivity contribution in [2.24, 2.45) is 5.73 Å². The van der Waals surface area contributed by atoms with Crippen LogP contribution in [0.25, 0.3) is 0 Å². The summed E-state index contributed by atoms with van der Waals surface area (Å²) < 4.78 is 5.14. The molecule has 0 radical (unpaired) electrons. The number of nitrogens with two attached hydrogens (primary N) is 1. The summed E-state index contributed by atoms with van der Waals surface area (Å²) >= 11 is 0. The van der Waals surface area contributed by atoms with Crippen molar-refractivity contribution in [3.05, 3.63) is 24.2 Å². The van der Waals surface area contributed by atoms with Gasteiger partial charge in [0.15, 0.2) is 5.76 Å². The Morgan fingerprint density at radius 1 is 1.04 bits per heavy atom. The van der Waals surface area contributed by atoms with Gasteiger partial charge in [-0.3, -0.25) is 9.59 Å². The smallest absolute Gasteiger partial charge is 0.289 e. The lowest BCUT2D eigenvalue weighted by atomic mass is 9.81. The van der Waals surface area contributed by atoms with Crippen molar-refractivity contribution >= 4 is 24.2 Å². The van der Waals surface area contributed by atoms with Crippen LogP contribution in [0.3, 0.4) is 0 Å². The topological polar surface area (TPSA) is 79.8 Å². The van der Waals surface area contributed by atoms with Gasteiger partial charge in [0.2, 0.25) is 5.91 Å². The molecule has 0 spiro atoms. The molecule has 1 aromatic heterocycles. The lowest BCUT2D eigenvalue weighted by molar-refractivity contribution is -0.139. The van der Waals surface area contributed by atoms with E-state index in [1.807, 2.05) is 4.90 Å². The molecule has 2 amide bonds. The summed E-state index contributed by atoms with van der Waals surface area (Å²) in [4.78, 5) is 28.4. The number of furan rings is 1. The van der Waals surface area contributed by atoms with Crippen molar-refractivity contribution in [3.63, 3.8) is 0 Å². The van der Waals surface area contributed by atoms with E-state index in [9.17, 15) is 9.59 Å². The van der Waals surface area contributed by atoms with E-state index in [2.05, 4.69) is 0 Å². The highest BCUT2D eigenvalue weighted by Gasteiger charge is 2.39. The van der Waals surface area contributed by atoms with Crippen LogP contribution >= 0.6 is 12.4 Å². The van der Waals surface area contributed by atoms with E-state index >= 15 is 0 Å². The van der Waals surface area contributed by atoms with Crippen LogP contribution < -0.4 is 5.73 Å². The minimum atomic E-state index is -0.689. The number of carbonyl (C=O) groups is 2. The summed E-state index contributed by atoms with van der Waals surface area (Å²) in [6.45, 7) is 2.15. The Morgan fingerprint density at radius 3 is 2.22 bits per heavy atom. The summed E-state index contributed by atoms with van der Waals surface area (Å²) in [6, 6.07) is 3.37. The first kappa shape index (κ1) is 17.8. The van der Waals surface area contributed by atoms with Crippen molar-refractivity contribution < 1.29 is 14.0 Å². The molecule has 2 heterocycles. The molecule has 1 aliphatic carbocycles. The highest BCUT2D eigenvalue weighted by molar-refractivity contribution is 5.92. The van der Waals surface area contributed by atoms with Gasteiger partial charge in [-0.15, -0.1) is 12.4 Å². The number of piperazine rings is 1. The first-order valence-corrected chi connectivity index (χ1v) is 8.01. The molecule has 128 valence electrons. The van der Waals surface area contributed by atoms with Crippen LogP contribution in [0.2, 0.25) is 0 Å². The number of hydrogen-bond acceptors (Lipinski definition) is 4. The zero-order valence-electron chi connectivity index (χ0n) is 13.2. The highest BCUT2D eigenvalue weighted by Crippen LogP contribution is 2.28. The molecule has 1 saturated carbocycles. The first-order valence-electron chi connectivity index (χ1n) is 8.01. The number of amides is 2. The maximum absolute atomic E-state index is 12.7. The number of nitrogens with zero attached hydrogens (tertiary/aromatic N) is 2. The molecule has 2 aliphatic rings. The molecule has 1 aromatic rings. The van der Waals surface area contributed by atoms with Crippen LogP contribution in [0, 0.1) is 0 Å². The third kappa shape index (κ3) is 3.70. The fourth-order valence-corrected chi connectivity index (χ4v) is 3.38. The van der Waals surface area contributed by atoms with Gasteiger partial charge in [0.1, 0.15) is 0 Å². The normalized spacial score (nSPS) is 20.7. The second kappa shape index (κ2) is 7.36. The van der Waals surface area contributed by atoms with Gasteiger partial charge >= 0.3 is 0 Å². The molecule has 2 N–H and O–H groups in total. The van der Waals surface area contributed by atoms with Crippen LogP contribution in [0.4, 0.5) is 0 Å². The lowest BCUT2D eigenvalue weighted by Gasteiger charge is -2.40. The quantitative estimate of drug-likeness (QED) is 0.887. The number of carbonyl (C=O) groups excluding carboxylic acids is 2. The fraction of sp³-hybridized carbons (Fsp3) is 0.625. The van der Waals surface area contributed by atoms with Crippen molar-refractivity contribution in [1.29, 1.82) is 0 Å². The summed E-state index contributed by atoms with van der Waals surface area (Å²) in [5.41, 5.74) is 5.63. The Kier molecular flexibility index (Phi) is 5.70. The van der Waals surface area contributed by atoms with E-state index in [-0.39, 0.29) is 24.2 Å². The van der Waals surface area contributed by atoms with Crippen molar-refractivity contribution in [2.45, 2.75) is 37.6 Å². The molecule has 2 fully saturated rings. The van der Waals surface area contributed by atoms with Gasteiger partial charge in [-0.05, 0) is 25.0 Å². The van der Waals surface area contributed by atoms with E-state index in [4.69, 9.17) is 10.2 Å². The predicted molar refractivity (Wildman–Crippen MR) is 88.4 cm³/mol. The molecular formula is C16H24ClN3O3. The number of hydrogen-bond donors (Lipinski definition) is 1. The average Bonchev–Trinajstić information content (AvgIpc) is 3.09. The third-order valence-electron chi connectivity index (χ3n) is 4.76. The molecule has 1 aliphatic heterocycles. The molecule has 0 unspecified atom stereocenters. The molecule has 7 heteroatoms. The Bertz CT molecular complexity index is 533. The zero-order valence-corrected chi connectivity index (χ0v) is 14.0. The van der Waals surface area contributed by atoms with Gasteiger partial charge < -0.3 is 20.0 Å². The van der Waals surface area contributed by atoms with Crippen molar-refractivity contribution in [3.8, 4) is 0 Å². The lowest BCUT2D eigenvalue weighted by Crippen LogP contribution is -2.60. The maximum Gasteiger partial charge on any atom is 0.289 e. The minimum absolute atomic E-state index is 0. The molecule has 6 nitrogen and oxygen atoms in total. The van der Waals surface area contributed by atoms with E-state index in [1.54, 1.807) is 17.0 Å². The number of rotatable bonds is 2. The predicted octanol–water partition coefficient (Wildman–Crippen LogP) is 1.65. The summed E-state index contributed by atoms with van der Waals surface area (Å²) in [5, 5.41) is 0. The Morgan fingerprint density at radius 2 is 1.65 bits per heavy atom. The Hall–Kier alpha value is -1.53. The highest BCUT2D eigenvalue weighted by atomic mass is 35.5. The minimum Gasteiger partial charge on any atom is -0.459 e. The van der Waals surface area contributed by atoms with Crippen LogP contribution in [0.5, 0.6) is 0 Å². The van der Waals surface area contributed by atoms with E-state index in [0.717, 1.165) is 32.1 Å². The monoisotopic (exact) mass is 341 g/mol. The second-order valence-electron chi connectivity index (χ2n) is 6.28. The summed E-state index contributed by atoms with van der Waals surface area (Å²) in [7, 11) is 0. The molecule has 3 rings (SSSR count). The molecule has 0 atom stereocenters. The summed E-state index contributed by atoms with van der Waals surface area (Å²) in [5.74, 6) is 0.289. The van der Waals surface area contributed by atoms with Crippen LogP contribution in [0.1, 0.15) is 42.7 Å². The van der Waals surface area contributed by atoms with Gasteiger partial charge in [0, 0.05) is 26.2 Å². The molecule has 0 bridgehead atoms. The van der Waals surface area contributed by atoms with E-state index < -0.39 is 5.54 Å². The SMILES string of the molecule is Cl.NC1(C(=O)N2CCN(C(=O)c3ccco3)CC2)CCCCC1. The zero-order chi connectivity index (χ0) is 15.6. The van der Waals surface area contributed by atoms with Gasteiger partial charge in [-0.2, -0.15) is 0 Å². The largest absolute Gasteiger partial charge is 0.459 e. The van der Waals surface area contributed by atoms with Gasteiger partial charge in [-0.25, -0.2) is 0 Å². The standard InChI is InChI=1S/C16H23N3O3.ClH/c17-16(6-2-1-3-7-16)15(21)19-10-8-18(9-11-19)14(20)13-5-4-12-22-13;/h4-5,12H,1-3,6-11,17H2;1H. The summed E-state index contributed by atoms with van der Waals surface area (Å²) in [6.07, 6.45) is 6.26. The Labute approximate surface area is 142 Å². The molecule has 23 heavy (non-hydrogen) atoms. The van der Waals surface area contributed by atoms with Crippen molar-refractivity contribution in [1.82, 2.24) is 9.80 Å². The van der Waals surface area contributed by atoms with E-state index in [1.165, 1.54) is 6.26 Å². The van der Waals surface area contributed by atoms with E-state index in [0.29, 0.717) is 31.9 Å². The average molecular weight is 342 g/mol. The fourth-order valence-electron chi connectivity index (χ4n) is 3.38. The second-order valence-corrected chi connectivity index (χ2v) is 6.28. The van der Waals surface area contributed by atoms with Gasteiger partial charge in [-0.1, -0.05) is 19.3 Å². The van der Waals surface area contributed by atoms with Crippen LogP contribution in [0.15, 0.2) is 22.8 Å². The van der Waals surface area contributed by atoms with Crippen LogP contribution in [-0.2, 0) is 4.79 Å². The third-order valence-corrected chi connectivity index (χ3v) is 4.76. The Balaban J connectivity index is 0.00000192. The van der Waals surface area contributed by atoms with Gasteiger partial charge in [0.25, 0.3) is 5.91 Å². The maximum atomic E-state index is 12.7. The van der Waals surface area contributed by atoms with Crippen LogP contribution in [-0.4, -0.2) is 53.3 Å². The first-order chi connectivity index (χ1) is 10.6. The molecular weight excluding hydrogens is 318 g/mol. The van der Waals surface area contributed by atoms with Crippen molar-refractivity contribution in [2.75, 3.05) is 26.2 Å².